The third kappa shape index (κ3) is 5.49. The minimum atomic E-state index is -0.272. The number of nitrogens with zero attached hydrogens (tertiary/aromatic N) is 3. The summed E-state index contributed by atoms with van der Waals surface area (Å²) >= 11 is 1.63. The molecule has 2 atom stereocenters. The number of nitrogens with one attached hydrogen (secondary N) is 1. The standard InChI is InChI=1S/C24H28N4O3S/c1-4-21-11-27-24(32-21)19-7-18(8-20(9-19)31-14-17-5-6-30-13-17)23(29)28-16(3)22-12-25-15(2)10-26-22/h7-12,16-17H,4-6,13-14H2,1-3H3,(H,28,29)/t16?,17-/m1/s1. The maximum Gasteiger partial charge on any atom is 0.251 e. The number of amides is 1. The van der Waals surface area contributed by atoms with E-state index in [2.05, 4.69) is 27.2 Å². The van der Waals surface area contributed by atoms with Crippen LogP contribution in [0.4, 0.5) is 0 Å². The average molecular weight is 453 g/mol. The van der Waals surface area contributed by atoms with E-state index >= 15 is 0 Å². The van der Waals surface area contributed by atoms with Crippen molar-refractivity contribution in [2.24, 2.45) is 5.92 Å². The Hall–Kier alpha value is -2.84. The zero-order valence-electron chi connectivity index (χ0n) is 18.6. The number of rotatable bonds is 8. The number of benzene rings is 1. The summed E-state index contributed by atoms with van der Waals surface area (Å²) in [7, 11) is 0. The first-order chi connectivity index (χ1) is 15.5. The van der Waals surface area contributed by atoms with Crippen molar-refractivity contribution >= 4 is 17.2 Å². The fourth-order valence-electron chi connectivity index (χ4n) is 3.45. The van der Waals surface area contributed by atoms with Crippen molar-refractivity contribution in [3.63, 3.8) is 0 Å². The molecule has 0 aliphatic carbocycles. The Morgan fingerprint density at radius 1 is 1.25 bits per heavy atom. The van der Waals surface area contributed by atoms with Crippen LogP contribution in [-0.4, -0.2) is 40.7 Å². The number of carbonyl (C=O) groups is 1. The number of hydrogen-bond acceptors (Lipinski definition) is 7. The Labute approximate surface area is 192 Å². The lowest BCUT2D eigenvalue weighted by Crippen LogP contribution is -2.27. The van der Waals surface area contributed by atoms with E-state index in [-0.39, 0.29) is 11.9 Å². The van der Waals surface area contributed by atoms with Crippen LogP contribution in [0.2, 0.25) is 0 Å². The summed E-state index contributed by atoms with van der Waals surface area (Å²) in [5.74, 6) is 0.848. The van der Waals surface area contributed by atoms with Gasteiger partial charge in [-0.2, -0.15) is 0 Å². The second kappa shape index (κ2) is 10.2. The van der Waals surface area contributed by atoms with Crippen LogP contribution in [0.3, 0.4) is 0 Å². The summed E-state index contributed by atoms with van der Waals surface area (Å²) in [5, 5.41) is 3.90. The molecule has 1 unspecified atom stereocenters. The normalized spacial score (nSPS) is 16.7. The number of aryl methyl sites for hydroxylation is 2. The molecule has 0 saturated carbocycles. The SMILES string of the molecule is CCc1cnc(-c2cc(OC[C@@H]3CCOC3)cc(C(=O)NC(C)c3cnc(C)cn3)c2)s1. The van der Waals surface area contributed by atoms with Gasteiger partial charge in [-0.25, -0.2) is 4.98 Å². The molecular weight excluding hydrogens is 424 g/mol. The lowest BCUT2D eigenvalue weighted by molar-refractivity contribution is 0.0938. The van der Waals surface area contributed by atoms with Gasteiger partial charge in [0, 0.05) is 40.9 Å². The van der Waals surface area contributed by atoms with Gasteiger partial charge < -0.3 is 14.8 Å². The van der Waals surface area contributed by atoms with Crippen LogP contribution in [0.15, 0.2) is 36.8 Å². The molecule has 0 spiro atoms. The molecule has 1 aromatic carbocycles. The first kappa shape index (κ1) is 22.4. The van der Waals surface area contributed by atoms with Gasteiger partial charge in [-0.15, -0.1) is 11.3 Å². The summed E-state index contributed by atoms with van der Waals surface area (Å²) < 4.78 is 11.5. The van der Waals surface area contributed by atoms with Crippen molar-refractivity contribution in [3.8, 4) is 16.3 Å². The van der Waals surface area contributed by atoms with Crippen LogP contribution in [0.1, 0.15) is 52.9 Å². The molecule has 1 amide bonds. The van der Waals surface area contributed by atoms with E-state index in [4.69, 9.17) is 9.47 Å². The van der Waals surface area contributed by atoms with Gasteiger partial charge in [0.25, 0.3) is 5.91 Å². The van der Waals surface area contributed by atoms with E-state index in [0.717, 1.165) is 35.7 Å². The highest BCUT2D eigenvalue weighted by atomic mass is 32.1. The molecule has 3 heterocycles. The molecule has 1 saturated heterocycles. The van der Waals surface area contributed by atoms with Gasteiger partial charge in [-0.05, 0) is 44.9 Å². The highest BCUT2D eigenvalue weighted by Crippen LogP contribution is 2.30. The second-order valence-electron chi connectivity index (χ2n) is 8.05. The van der Waals surface area contributed by atoms with Crippen molar-refractivity contribution in [2.45, 2.75) is 39.7 Å². The molecule has 1 aliphatic rings. The fourth-order valence-corrected chi connectivity index (χ4v) is 4.29. The van der Waals surface area contributed by atoms with Crippen LogP contribution in [0.25, 0.3) is 10.6 Å². The van der Waals surface area contributed by atoms with E-state index in [1.165, 1.54) is 4.88 Å². The summed E-state index contributed by atoms with van der Waals surface area (Å²) in [6, 6.07) is 5.34. The third-order valence-electron chi connectivity index (χ3n) is 5.42. The van der Waals surface area contributed by atoms with Crippen LogP contribution in [0.5, 0.6) is 5.75 Å². The van der Waals surface area contributed by atoms with Crippen LogP contribution in [-0.2, 0) is 11.2 Å². The minimum absolute atomic E-state index is 0.192. The highest BCUT2D eigenvalue weighted by molar-refractivity contribution is 7.15. The number of thiazole rings is 1. The molecule has 1 aliphatic heterocycles. The number of hydrogen-bond donors (Lipinski definition) is 1. The second-order valence-corrected chi connectivity index (χ2v) is 9.16. The van der Waals surface area contributed by atoms with Crippen molar-refractivity contribution in [3.05, 3.63) is 58.6 Å². The van der Waals surface area contributed by atoms with Crippen molar-refractivity contribution in [1.29, 1.82) is 0 Å². The quantitative estimate of drug-likeness (QED) is 0.546. The smallest absolute Gasteiger partial charge is 0.251 e. The van der Waals surface area contributed by atoms with Crippen molar-refractivity contribution in [2.75, 3.05) is 19.8 Å². The van der Waals surface area contributed by atoms with Gasteiger partial charge in [-0.3, -0.25) is 14.8 Å². The molecule has 32 heavy (non-hydrogen) atoms. The Balaban J connectivity index is 1.56. The third-order valence-corrected chi connectivity index (χ3v) is 6.61. The predicted octanol–water partition coefficient (Wildman–Crippen LogP) is 4.38. The van der Waals surface area contributed by atoms with Crippen LogP contribution < -0.4 is 10.1 Å². The van der Waals surface area contributed by atoms with Gasteiger partial charge in [0.2, 0.25) is 0 Å². The maximum atomic E-state index is 13.1. The Kier molecular flexibility index (Phi) is 7.12. The molecule has 1 fully saturated rings. The number of aromatic nitrogens is 3. The first-order valence-electron chi connectivity index (χ1n) is 10.9. The molecule has 0 radical (unpaired) electrons. The molecule has 3 aromatic rings. The van der Waals surface area contributed by atoms with Crippen molar-refractivity contribution in [1.82, 2.24) is 20.3 Å². The maximum absolute atomic E-state index is 13.1. The molecule has 4 rings (SSSR count). The predicted molar refractivity (Wildman–Crippen MR) is 124 cm³/mol. The zero-order chi connectivity index (χ0) is 22.5. The van der Waals surface area contributed by atoms with Gasteiger partial charge in [0.15, 0.2) is 0 Å². The van der Waals surface area contributed by atoms with Gasteiger partial charge in [0.1, 0.15) is 10.8 Å². The van der Waals surface area contributed by atoms with Crippen molar-refractivity contribution < 1.29 is 14.3 Å². The number of ether oxygens (including phenoxy) is 2. The Bertz CT molecular complexity index is 1060. The monoisotopic (exact) mass is 452 g/mol. The van der Waals surface area contributed by atoms with E-state index in [1.807, 2.05) is 32.2 Å². The van der Waals surface area contributed by atoms with Gasteiger partial charge in [-0.1, -0.05) is 6.92 Å². The van der Waals surface area contributed by atoms with Gasteiger partial charge in [0.05, 0.1) is 36.8 Å². The van der Waals surface area contributed by atoms with Crippen LogP contribution >= 0.6 is 11.3 Å². The molecular formula is C24H28N4O3S. The highest BCUT2D eigenvalue weighted by Gasteiger charge is 2.19. The van der Waals surface area contributed by atoms with E-state index in [9.17, 15) is 4.79 Å². The van der Waals surface area contributed by atoms with E-state index < -0.39 is 0 Å². The summed E-state index contributed by atoms with van der Waals surface area (Å²) in [6.07, 6.45) is 7.20. The average Bonchev–Trinajstić information content (AvgIpc) is 3.50. The Morgan fingerprint density at radius 3 is 2.81 bits per heavy atom. The summed E-state index contributed by atoms with van der Waals surface area (Å²) in [6.45, 7) is 7.95. The molecule has 168 valence electrons. The molecule has 8 heteroatoms. The summed E-state index contributed by atoms with van der Waals surface area (Å²) in [5.41, 5.74) is 2.96. The zero-order valence-corrected chi connectivity index (χ0v) is 19.4. The Morgan fingerprint density at radius 2 is 2.12 bits per heavy atom. The molecule has 0 bridgehead atoms. The molecule has 2 aromatic heterocycles. The first-order valence-corrected chi connectivity index (χ1v) is 11.7. The van der Waals surface area contributed by atoms with Crippen LogP contribution in [0, 0.1) is 12.8 Å². The fraction of sp³-hybridized carbons (Fsp3) is 0.417. The lowest BCUT2D eigenvalue weighted by atomic mass is 10.1. The largest absolute Gasteiger partial charge is 0.493 e. The molecule has 7 nitrogen and oxygen atoms in total. The van der Waals surface area contributed by atoms with E-state index in [0.29, 0.717) is 36.1 Å². The topological polar surface area (TPSA) is 86.2 Å². The summed E-state index contributed by atoms with van der Waals surface area (Å²) in [4.78, 5) is 27.5. The van der Waals surface area contributed by atoms with E-state index in [1.54, 1.807) is 29.8 Å². The minimum Gasteiger partial charge on any atom is -0.493 e. The van der Waals surface area contributed by atoms with Gasteiger partial charge >= 0.3 is 0 Å². The number of carbonyl (C=O) groups excluding carboxylic acids is 1. The molecule has 1 N–H and O–H groups in total. The lowest BCUT2D eigenvalue weighted by Gasteiger charge is -2.15.